The number of allylic oxidation sites excluding steroid dienone is 4. The largest absolute Gasteiger partial charge is 0.0793 e. The van der Waals surface area contributed by atoms with Crippen molar-refractivity contribution in [2.45, 2.75) is 47.5 Å². The van der Waals surface area contributed by atoms with Crippen LogP contribution < -0.4 is 0 Å². The highest BCUT2D eigenvalue weighted by molar-refractivity contribution is 5.95. The Morgan fingerprint density at radius 1 is 0.957 bits per heavy atom. The van der Waals surface area contributed by atoms with Crippen molar-refractivity contribution in [2.75, 3.05) is 0 Å². The summed E-state index contributed by atoms with van der Waals surface area (Å²) in [5.74, 6) is 0. The summed E-state index contributed by atoms with van der Waals surface area (Å²) in [7, 11) is 0. The summed E-state index contributed by atoms with van der Waals surface area (Å²) < 4.78 is 0. The lowest BCUT2D eigenvalue weighted by atomic mass is 9.68. The van der Waals surface area contributed by atoms with Crippen LogP contribution in [0.15, 0.2) is 53.6 Å². The van der Waals surface area contributed by atoms with Gasteiger partial charge in [0.1, 0.15) is 0 Å². The summed E-state index contributed by atoms with van der Waals surface area (Å²) in [5.41, 5.74) is 8.21. The van der Waals surface area contributed by atoms with Crippen molar-refractivity contribution in [3.05, 3.63) is 64.7 Å². The molecule has 0 aliphatic heterocycles. The van der Waals surface area contributed by atoms with Gasteiger partial charge in [-0.1, -0.05) is 76.6 Å². The first kappa shape index (κ1) is 14.8. The predicted octanol–water partition coefficient (Wildman–Crippen LogP) is 6.55. The molecule has 4 rings (SSSR count). The quantitative estimate of drug-likeness (QED) is 0.517. The Kier molecular flexibility index (Phi) is 2.95. The molecular weight excluding hydrogens is 276 g/mol. The average Bonchev–Trinajstić information content (AvgIpc) is 2.83. The molecule has 0 bridgehead atoms. The van der Waals surface area contributed by atoms with Crippen LogP contribution in [0.3, 0.4) is 0 Å². The first-order valence-electron chi connectivity index (χ1n) is 8.74. The third-order valence-corrected chi connectivity index (χ3v) is 5.62. The fourth-order valence-electron chi connectivity index (χ4n) is 4.26. The van der Waals surface area contributed by atoms with Gasteiger partial charge in [-0.25, -0.2) is 0 Å². The Balaban J connectivity index is 1.98. The highest BCUT2D eigenvalue weighted by Crippen LogP contribution is 2.54. The molecule has 0 saturated heterocycles. The molecule has 0 nitrogen and oxygen atoms in total. The van der Waals surface area contributed by atoms with E-state index in [4.69, 9.17) is 0 Å². The first-order valence-corrected chi connectivity index (χ1v) is 8.74. The molecule has 0 atom stereocenters. The van der Waals surface area contributed by atoms with Gasteiger partial charge in [0, 0.05) is 0 Å². The van der Waals surface area contributed by atoms with Crippen LogP contribution in [-0.4, -0.2) is 0 Å². The highest BCUT2D eigenvalue weighted by atomic mass is 14.4. The Labute approximate surface area is 139 Å². The van der Waals surface area contributed by atoms with E-state index in [0.29, 0.717) is 0 Å². The van der Waals surface area contributed by atoms with E-state index < -0.39 is 0 Å². The van der Waals surface area contributed by atoms with Crippen LogP contribution in [0.5, 0.6) is 0 Å². The molecule has 0 N–H and O–H groups in total. The van der Waals surface area contributed by atoms with E-state index in [1.165, 1.54) is 21.9 Å². The summed E-state index contributed by atoms with van der Waals surface area (Å²) in [4.78, 5) is 0. The third kappa shape index (κ3) is 2.19. The molecule has 0 aromatic heterocycles. The van der Waals surface area contributed by atoms with Gasteiger partial charge in [-0.05, 0) is 62.8 Å². The minimum atomic E-state index is 0.199. The van der Waals surface area contributed by atoms with Crippen LogP contribution in [0.2, 0.25) is 0 Å². The lowest BCUT2D eigenvalue weighted by molar-refractivity contribution is 0.427. The van der Waals surface area contributed by atoms with Gasteiger partial charge in [0.05, 0.1) is 0 Å². The molecule has 0 fully saturated rings. The van der Waals surface area contributed by atoms with Crippen molar-refractivity contribution < 1.29 is 0 Å². The zero-order chi connectivity index (χ0) is 16.4. The smallest absolute Gasteiger partial charge is 0.00459 e. The minimum Gasteiger partial charge on any atom is -0.0793 e. The predicted molar refractivity (Wildman–Crippen MR) is 101 cm³/mol. The maximum atomic E-state index is 2.50. The molecule has 23 heavy (non-hydrogen) atoms. The van der Waals surface area contributed by atoms with Crippen LogP contribution in [0.4, 0.5) is 0 Å². The molecule has 0 unspecified atom stereocenters. The lowest BCUT2D eigenvalue weighted by Crippen LogP contribution is -2.22. The maximum Gasteiger partial charge on any atom is -0.00459 e. The van der Waals surface area contributed by atoms with Crippen LogP contribution in [-0.2, 0) is 6.42 Å². The molecule has 0 saturated carbocycles. The average molecular weight is 302 g/mol. The minimum absolute atomic E-state index is 0.199. The van der Waals surface area contributed by atoms with Crippen LogP contribution in [0.25, 0.3) is 16.3 Å². The topological polar surface area (TPSA) is 0 Å². The summed E-state index contributed by atoms with van der Waals surface area (Å²) in [5, 5.41) is 2.72. The maximum absolute atomic E-state index is 2.50. The van der Waals surface area contributed by atoms with Crippen molar-refractivity contribution in [1.82, 2.24) is 0 Å². The zero-order valence-corrected chi connectivity index (χ0v) is 15.0. The van der Waals surface area contributed by atoms with Crippen molar-refractivity contribution in [3.63, 3.8) is 0 Å². The molecule has 2 aliphatic rings. The van der Waals surface area contributed by atoms with E-state index in [9.17, 15) is 0 Å². The molecule has 2 aliphatic carbocycles. The van der Waals surface area contributed by atoms with Crippen molar-refractivity contribution >= 4 is 16.3 Å². The first-order chi connectivity index (χ1) is 10.8. The fourth-order valence-corrected chi connectivity index (χ4v) is 4.26. The van der Waals surface area contributed by atoms with Gasteiger partial charge < -0.3 is 0 Å². The third-order valence-electron chi connectivity index (χ3n) is 5.62. The summed E-state index contributed by atoms with van der Waals surface area (Å²) in [6.07, 6.45) is 4.78. The lowest BCUT2D eigenvalue weighted by Gasteiger charge is -2.36. The molecule has 2 aromatic carbocycles. The summed E-state index contributed by atoms with van der Waals surface area (Å²) in [6.45, 7) is 11.9. The zero-order valence-electron chi connectivity index (χ0n) is 15.0. The van der Waals surface area contributed by atoms with Gasteiger partial charge in [-0.3, -0.25) is 0 Å². The summed E-state index contributed by atoms with van der Waals surface area (Å²) in [6, 6.07) is 13.6. The molecule has 0 amide bonds. The molecule has 0 spiro atoms. The number of benzene rings is 2. The number of rotatable bonds is 0. The van der Waals surface area contributed by atoms with Crippen molar-refractivity contribution in [3.8, 4) is 0 Å². The summed E-state index contributed by atoms with van der Waals surface area (Å²) >= 11 is 0. The fraction of sp³-hybridized carbons (Fsp3) is 0.391. The van der Waals surface area contributed by atoms with Crippen LogP contribution in [0, 0.1) is 10.8 Å². The van der Waals surface area contributed by atoms with E-state index in [2.05, 4.69) is 77.1 Å². The highest BCUT2D eigenvalue weighted by Gasteiger charge is 2.38. The molecule has 0 heteroatoms. The Morgan fingerprint density at radius 3 is 2.26 bits per heavy atom. The van der Waals surface area contributed by atoms with Gasteiger partial charge in [-0.15, -0.1) is 0 Å². The Hall–Kier alpha value is -1.82. The van der Waals surface area contributed by atoms with E-state index in [0.717, 1.165) is 12.8 Å². The number of hydrogen-bond acceptors (Lipinski definition) is 0. The number of hydrogen-bond donors (Lipinski definition) is 0. The molecule has 118 valence electrons. The number of fused-ring (bicyclic) bond motifs is 3. The van der Waals surface area contributed by atoms with E-state index in [1.807, 2.05) is 0 Å². The van der Waals surface area contributed by atoms with Gasteiger partial charge in [0.25, 0.3) is 0 Å². The Bertz CT molecular complexity index is 867. The van der Waals surface area contributed by atoms with Crippen molar-refractivity contribution in [1.29, 1.82) is 0 Å². The van der Waals surface area contributed by atoms with Crippen LogP contribution >= 0.6 is 0 Å². The van der Waals surface area contributed by atoms with E-state index in [1.54, 1.807) is 16.7 Å². The second-order valence-electron chi connectivity index (χ2n) is 8.84. The van der Waals surface area contributed by atoms with Gasteiger partial charge in [0.2, 0.25) is 0 Å². The molecule has 0 radical (unpaired) electrons. The van der Waals surface area contributed by atoms with Crippen molar-refractivity contribution in [2.24, 2.45) is 10.8 Å². The normalized spacial score (nSPS) is 19.6. The van der Waals surface area contributed by atoms with E-state index >= 15 is 0 Å². The second-order valence-corrected chi connectivity index (χ2v) is 8.84. The standard InChI is InChI=1S/C23H26/c1-22(2,3)19-10-11-23(4,5)20-14-17-12-15-8-6-7-9-16(15)13-18(17)21(19)20/h6-10,12-13H,11,14H2,1-5H3. The SMILES string of the molecule is CC(C)(C)C1=CCC(C)(C)C2=C1c1cc3ccccc3cc1C2. The second kappa shape index (κ2) is 4.60. The van der Waals surface area contributed by atoms with E-state index in [-0.39, 0.29) is 10.8 Å². The molecular formula is C23H26. The van der Waals surface area contributed by atoms with Gasteiger partial charge in [-0.2, -0.15) is 0 Å². The monoisotopic (exact) mass is 302 g/mol. The molecule has 0 heterocycles. The Morgan fingerprint density at radius 2 is 1.61 bits per heavy atom. The van der Waals surface area contributed by atoms with Gasteiger partial charge in [0.15, 0.2) is 0 Å². The van der Waals surface area contributed by atoms with Gasteiger partial charge >= 0.3 is 0 Å². The molecule has 2 aromatic rings. The van der Waals surface area contributed by atoms with Crippen LogP contribution in [0.1, 0.15) is 52.2 Å².